The molecule has 3 aromatic rings. The van der Waals surface area contributed by atoms with Gasteiger partial charge in [-0.2, -0.15) is 9.97 Å². The second-order valence-corrected chi connectivity index (χ2v) is 12.4. The third kappa shape index (κ3) is 4.87. The van der Waals surface area contributed by atoms with Gasteiger partial charge in [0, 0.05) is 50.0 Å². The van der Waals surface area contributed by atoms with Gasteiger partial charge in [-0.25, -0.2) is 0 Å². The van der Waals surface area contributed by atoms with Gasteiger partial charge in [-0.1, -0.05) is 42.3 Å². The average Bonchev–Trinajstić information content (AvgIpc) is 3.53. The number of rotatable bonds is 7. The van der Waals surface area contributed by atoms with Gasteiger partial charge in [0.05, 0.1) is 33.6 Å². The SMILES string of the molecule is C#Cc1c(/C=C\C=C)cc(O)cc1-c1cc2nc(OCC34CCCN3CC(OC)C4)nc3c2c(c1Cl)OCC1CNCCN31. The molecule has 3 unspecified atom stereocenters. The summed E-state index contributed by atoms with van der Waals surface area (Å²) < 4.78 is 18.7. The molecule has 1 aromatic heterocycles. The van der Waals surface area contributed by atoms with Crippen molar-refractivity contribution < 1.29 is 19.3 Å². The highest BCUT2D eigenvalue weighted by Crippen LogP contribution is 2.48. The van der Waals surface area contributed by atoms with Crippen LogP contribution in [-0.2, 0) is 4.74 Å². The highest BCUT2D eigenvalue weighted by molar-refractivity contribution is 6.36. The van der Waals surface area contributed by atoms with Gasteiger partial charge in [-0.3, -0.25) is 4.90 Å². The molecule has 228 valence electrons. The van der Waals surface area contributed by atoms with Crippen LogP contribution >= 0.6 is 11.6 Å². The minimum Gasteiger partial charge on any atom is -0.508 e. The fourth-order valence-electron chi connectivity index (χ4n) is 7.32. The third-order valence-corrected chi connectivity index (χ3v) is 9.83. The van der Waals surface area contributed by atoms with Crippen molar-refractivity contribution in [2.75, 3.05) is 57.9 Å². The summed E-state index contributed by atoms with van der Waals surface area (Å²) in [5, 5.41) is 15.3. The Morgan fingerprint density at radius 2 is 2.18 bits per heavy atom. The first-order valence-electron chi connectivity index (χ1n) is 15.1. The van der Waals surface area contributed by atoms with Crippen molar-refractivity contribution in [1.29, 1.82) is 0 Å². The van der Waals surface area contributed by atoms with Crippen molar-refractivity contribution >= 4 is 34.4 Å². The number of halogens is 1. The van der Waals surface area contributed by atoms with Crippen LogP contribution in [0.5, 0.6) is 17.5 Å². The Morgan fingerprint density at radius 3 is 3.00 bits per heavy atom. The molecule has 0 bridgehead atoms. The molecule has 4 aliphatic heterocycles. The van der Waals surface area contributed by atoms with Crippen molar-refractivity contribution in [3.8, 4) is 41.0 Å². The zero-order chi connectivity index (χ0) is 30.4. The van der Waals surface area contributed by atoms with E-state index in [4.69, 9.17) is 42.2 Å². The topological polar surface area (TPSA) is 92.2 Å². The molecule has 9 nitrogen and oxygen atoms in total. The maximum Gasteiger partial charge on any atom is 0.319 e. The molecule has 0 spiro atoms. The van der Waals surface area contributed by atoms with Crippen LogP contribution in [0.15, 0.2) is 36.9 Å². The number of aromatic hydroxyl groups is 1. The van der Waals surface area contributed by atoms with E-state index >= 15 is 0 Å². The Kier molecular flexibility index (Phi) is 7.63. The number of allylic oxidation sites excluding steroid dienone is 2. The highest BCUT2D eigenvalue weighted by Gasteiger charge is 2.49. The smallest absolute Gasteiger partial charge is 0.319 e. The minimum atomic E-state index is -0.0806. The molecule has 3 fully saturated rings. The monoisotopic (exact) mass is 613 g/mol. The van der Waals surface area contributed by atoms with Crippen LogP contribution in [0, 0.1) is 12.3 Å². The molecular weight excluding hydrogens is 578 g/mol. The predicted molar refractivity (Wildman–Crippen MR) is 173 cm³/mol. The minimum absolute atomic E-state index is 0.0560. The standard InChI is InChI=1S/C34H36ClN5O4/c1-4-6-8-21-13-23(41)14-26(25(21)5-2)27-15-28-29-31(30(27)35)43-19-22-17-36-10-12-40(22)32(29)38-33(37-28)44-20-34-9-7-11-39(34)18-24(16-34)42-3/h2,4,6,8,13-15,22,24,36,41H,1,7,9-12,16-20H2,3H3/b8-6-. The zero-order valence-electron chi connectivity index (χ0n) is 24.8. The van der Waals surface area contributed by atoms with Gasteiger partial charge in [0.1, 0.15) is 24.8 Å². The third-order valence-electron chi connectivity index (χ3n) is 9.46. The lowest BCUT2D eigenvalue weighted by Crippen LogP contribution is -2.53. The molecule has 10 heteroatoms. The molecule has 2 N–H and O–H groups in total. The summed E-state index contributed by atoms with van der Waals surface area (Å²) in [6.45, 7) is 8.96. The number of nitrogens with zero attached hydrogens (tertiary/aromatic N) is 4. The average molecular weight is 614 g/mol. The maximum absolute atomic E-state index is 10.7. The molecule has 4 aliphatic rings. The molecule has 7 rings (SSSR count). The Hall–Kier alpha value is -3.81. The van der Waals surface area contributed by atoms with Crippen LogP contribution in [-0.4, -0.2) is 90.7 Å². The molecule has 2 aromatic carbocycles. The van der Waals surface area contributed by atoms with Gasteiger partial charge in [-0.15, -0.1) is 6.42 Å². The van der Waals surface area contributed by atoms with Gasteiger partial charge >= 0.3 is 6.01 Å². The van der Waals surface area contributed by atoms with E-state index in [1.165, 1.54) is 0 Å². The number of nitrogens with one attached hydrogen (secondary N) is 1. The van der Waals surface area contributed by atoms with E-state index in [-0.39, 0.29) is 23.4 Å². The van der Waals surface area contributed by atoms with Crippen LogP contribution in [0.25, 0.3) is 28.1 Å². The maximum atomic E-state index is 10.7. The van der Waals surface area contributed by atoms with Crippen molar-refractivity contribution in [3.05, 3.63) is 53.1 Å². The Morgan fingerprint density at radius 1 is 1.30 bits per heavy atom. The molecule has 0 saturated carbocycles. The number of ether oxygens (including phenoxy) is 3. The van der Waals surface area contributed by atoms with Crippen LogP contribution in [0.4, 0.5) is 5.82 Å². The summed E-state index contributed by atoms with van der Waals surface area (Å²) >= 11 is 7.16. The van der Waals surface area contributed by atoms with Crippen LogP contribution in [0.3, 0.4) is 0 Å². The predicted octanol–water partition coefficient (Wildman–Crippen LogP) is 4.64. The summed E-state index contributed by atoms with van der Waals surface area (Å²) in [4.78, 5) is 14.7. The van der Waals surface area contributed by atoms with Gasteiger partial charge < -0.3 is 29.5 Å². The highest BCUT2D eigenvalue weighted by atomic mass is 35.5. The number of phenolic OH excluding ortho intramolecular Hbond substituents is 1. The molecule has 0 radical (unpaired) electrons. The van der Waals surface area contributed by atoms with E-state index in [1.807, 2.05) is 12.1 Å². The van der Waals surface area contributed by atoms with E-state index in [0.29, 0.717) is 57.8 Å². The summed E-state index contributed by atoms with van der Waals surface area (Å²) in [7, 11) is 1.78. The van der Waals surface area contributed by atoms with E-state index in [2.05, 4.69) is 27.6 Å². The molecule has 3 atom stereocenters. The largest absolute Gasteiger partial charge is 0.508 e. The number of benzene rings is 2. The number of terminal acetylenes is 1. The number of piperazine rings is 1. The summed E-state index contributed by atoms with van der Waals surface area (Å²) in [6.07, 6.45) is 14.6. The second-order valence-electron chi connectivity index (χ2n) is 12.0. The Balaban J connectivity index is 1.38. The van der Waals surface area contributed by atoms with Crippen LogP contribution in [0.2, 0.25) is 5.02 Å². The van der Waals surface area contributed by atoms with Gasteiger partial charge in [-0.05, 0) is 49.6 Å². The van der Waals surface area contributed by atoms with Gasteiger partial charge in [0.15, 0.2) is 5.75 Å². The van der Waals surface area contributed by atoms with Crippen LogP contribution < -0.4 is 19.7 Å². The van der Waals surface area contributed by atoms with E-state index in [1.54, 1.807) is 31.4 Å². The van der Waals surface area contributed by atoms with Crippen molar-refractivity contribution in [3.63, 3.8) is 0 Å². The summed E-state index contributed by atoms with van der Waals surface area (Å²) in [5.74, 6) is 4.12. The normalized spacial score (nSPS) is 24.5. The lowest BCUT2D eigenvalue weighted by atomic mass is 9.93. The number of anilines is 1. The first-order chi connectivity index (χ1) is 21.4. The number of phenols is 1. The number of fused-ring (bicyclic) bond motifs is 3. The first-order valence-corrected chi connectivity index (χ1v) is 15.5. The van der Waals surface area contributed by atoms with E-state index in [0.717, 1.165) is 63.2 Å². The number of methoxy groups -OCH3 is 1. The summed E-state index contributed by atoms with van der Waals surface area (Å²) in [5.41, 5.74) is 3.03. The van der Waals surface area contributed by atoms with Gasteiger partial charge in [0.2, 0.25) is 0 Å². The molecule has 44 heavy (non-hydrogen) atoms. The van der Waals surface area contributed by atoms with Gasteiger partial charge in [0.25, 0.3) is 0 Å². The molecule has 5 heterocycles. The van der Waals surface area contributed by atoms with Crippen LogP contribution in [0.1, 0.15) is 30.4 Å². The van der Waals surface area contributed by atoms with E-state index in [9.17, 15) is 5.11 Å². The number of hydrogen-bond donors (Lipinski definition) is 2. The number of hydrogen-bond acceptors (Lipinski definition) is 9. The molecule has 0 amide bonds. The van der Waals surface area contributed by atoms with E-state index < -0.39 is 0 Å². The molecular formula is C34H36ClN5O4. The second kappa shape index (κ2) is 11.6. The number of aromatic nitrogens is 2. The molecule has 0 aliphatic carbocycles. The fourth-order valence-corrected chi connectivity index (χ4v) is 7.63. The summed E-state index contributed by atoms with van der Waals surface area (Å²) in [6, 6.07) is 5.53. The Bertz CT molecular complexity index is 1700. The lowest BCUT2D eigenvalue weighted by molar-refractivity contribution is 0.0997. The first kappa shape index (κ1) is 28.9. The molecule has 3 saturated heterocycles. The lowest BCUT2D eigenvalue weighted by Gasteiger charge is -2.35. The zero-order valence-corrected chi connectivity index (χ0v) is 25.6. The van der Waals surface area contributed by atoms with Crippen molar-refractivity contribution in [1.82, 2.24) is 20.2 Å². The van der Waals surface area contributed by atoms with Crippen molar-refractivity contribution in [2.24, 2.45) is 0 Å². The van der Waals surface area contributed by atoms with Crippen molar-refractivity contribution in [2.45, 2.75) is 36.9 Å². The fraction of sp³-hybridized carbons (Fsp3) is 0.412. The quantitative estimate of drug-likeness (QED) is 0.292. The Labute approximate surface area is 262 Å².